The second kappa shape index (κ2) is 13.6. The molecule has 0 saturated carbocycles. The SMILES string of the molecule is [CH2]C[SiH2]C([Si](OCC)(OCC)OCC)[Si](OCC)(OCC)OCC. The molecular weight excluding hydrogens is 360 g/mol. The third kappa shape index (κ3) is 6.61. The maximum absolute atomic E-state index is 6.17. The van der Waals surface area contributed by atoms with E-state index >= 15 is 0 Å². The normalized spacial score (nSPS) is 13.5. The Hall–Kier alpha value is 0.411. The van der Waals surface area contributed by atoms with Gasteiger partial charge in [0.25, 0.3) is 0 Å². The van der Waals surface area contributed by atoms with Crippen molar-refractivity contribution in [3.63, 3.8) is 0 Å². The van der Waals surface area contributed by atoms with Crippen LogP contribution in [0.2, 0.25) is 10.8 Å². The van der Waals surface area contributed by atoms with Gasteiger partial charge in [-0.1, -0.05) is 13.0 Å². The zero-order valence-corrected chi connectivity index (χ0v) is 19.8. The summed E-state index contributed by atoms with van der Waals surface area (Å²) in [5.74, 6) is 0. The van der Waals surface area contributed by atoms with Crippen molar-refractivity contribution in [3.05, 3.63) is 6.92 Å². The standard InChI is InChI=1S/C15H37O6Si3/c1-8-16-23(17-9-2,18-10-3)15(22-14-7)24(19-11-4,20-12-5)21-13-6/h15H,7-14,22H2,1-6H3. The first-order chi connectivity index (χ1) is 11.6. The van der Waals surface area contributed by atoms with Gasteiger partial charge in [0.15, 0.2) is 0 Å². The Labute approximate surface area is 153 Å². The lowest BCUT2D eigenvalue weighted by Crippen LogP contribution is -2.66. The summed E-state index contributed by atoms with van der Waals surface area (Å²) in [6.07, 6.45) is 0. The smallest absolute Gasteiger partial charge is 0.374 e. The molecule has 6 nitrogen and oxygen atoms in total. The van der Waals surface area contributed by atoms with E-state index in [0.717, 1.165) is 6.04 Å². The van der Waals surface area contributed by atoms with Crippen molar-refractivity contribution in [3.8, 4) is 0 Å². The molecule has 0 aromatic rings. The minimum atomic E-state index is -2.98. The molecule has 0 atom stereocenters. The van der Waals surface area contributed by atoms with Crippen LogP contribution < -0.4 is 0 Å². The fourth-order valence-electron chi connectivity index (χ4n) is 2.83. The van der Waals surface area contributed by atoms with Gasteiger partial charge < -0.3 is 26.6 Å². The molecule has 0 aliphatic carbocycles. The van der Waals surface area contributed by atoms with Gasteiger partial charge in [0.1, 0.15) is 0 Å². The lowest BCUT2D eigenvalue weighted by atomic mass is 10.9. The molecule has 0 heterocycles. The summed E-state index contributed by atoms with van der Waals surface area (Å²) in [5.41, 5.74) is 0. The van der Waals surface area contributed by atoms with Crippen LogP contribution in [0, 0.1) is 6.92 Å². The molecular formula is C15H37O6Si3. The molecule has 145 valence electrons. The molecule has 0 amide bonds. The highest BCUT2D eigenvalue weighted by atomic mass is 28.5. The third-order valence-electron chi connectivity index (χ3n) is 3.42. The first-order valence-corrected chi connectivity index (χ1v) is 14.6. The average molecular weight is 398 g/mol. The van der Waals surface area contributed by atoms with Gasteiger partial charge in [-0.05, 0) is 41.5 Å². The summed E-state index contributed by atoms with van der Waals surface area (Å²) >= 11 is 0. The summed E-state index contributed by atoms with van der Waals surface area (Å²) in [4.78, 5) is -0.0396. The van der Waals surface area contributed by atoms with Crippen molar-refractivity contribution in [2.75, 3.05) is 39.6 Å². The lowest BCUT2D eigenvalue weighted by Gasteiger charge is -2.42. The Morgan fingerprint density at radius 1 is 0.625 bits per heavy atom. The summed E-state index contributed by atoms with van der Waals surface area (Å²) in [6, 6.07) is 0.842. The van der Waals surface area contributed by atoms with E-state index in [4.69, 9.17) is 26.6 Å². The largest absolute Gasteiger partial charge is 0.505 e. The molecule has 0 fully saturated rings. The van der Waals surface area contributed by atoms with E-state index in [1.165, 1.54) is 0 Å². The topological polar surface area (TPSA) is 55.4 Å². The fraction of sp³-hybridized carbons (Fsp3) is 0.933. The van der Waals surface area contributed by atoms with Crippen molar-refractivity contribution >= 4 is 27.1 Å². The molecule has 1 radical (unpaired) electrons. The highest BCUT2D eigenvalue weighted by Gasteiger charge is 2.64. The Kier molecular flexibility index (Phi) is 13.8. The van der Waals surface area contributed by atoms with Gasteiger partial charge >= 0.3 is 17.6 Å². The van der Waals surface area contributed by atoms with Crippen LogP contribution in [0.4, 0.5) is 0 Å². The second-order valence-corrected chi connectivity index (χ2v) is 14.9. The number of rotatable bonds is 16. The number of hydrogen-bond acceptors (Lipinski definition) is 6. The molecule has 0 saturated heterocycles. The van der Waals surface area contributed by atoms with E-state index in [1.807, 2.05) is 41.5 Å². The Morgan fingerprint density at radius 3 is 1.04 bits per heavy atom. The molecule has 0 aliphatic heterocycles. The van der Waals surface area contributed by atoms with Crippen molar-refractivity contribution in [2.45, 2.75) is 52.4 Å². The Balaban J connectivity index is 6.05. The summed E-state index contributed by atoms with van der Waals surface area (Å²) in [7, 11) is -6.70. The van der Waals surface area contributed by atoms with E-state index < -0.39 is 27.1 Å². The molecule has 0 N–H and O–H groups in total. The van der Waals surface area contributed by atoms with E-state index in [-0.39, 0.29) is 4.79 Å². The van der Waals surface area contributed by atoms with Crippen LogP contribution in [-0.4, -0.2) is 66.8 Å². The van der Waals surface area contributed by atoms with Crippen LogP contribution in [0.5, 0.6) is 0 Å². The molecule has 0 aromatic heterocycles. The Morgan fingerprint density at radius 2 is 0.875 bits per heavy atom. The van der Waals surface area contributed by atoms with Crippen molar-refractivity contribution in [1.82, 2.24) is 0 Å². The summed E-state index contributed by atoms with van der Waals surface area (Å²) < 4.78 is 37.0. The summed E-state index contributed by atoms with van der Waals surface area (Å²) in [5, 5.41) is 0. The zero-order valence-electron chi connectivity index (χ0n) is 16.4. The quantitative estimate of drug-likeness (QED) is 0.373. The first-order valence-electron chi connectivity index (χ1n) is 9.19. The lowest BCUT2D eigenvalue weighted by molar-refractivity contribution is 0.0421. The van der Waals surface area contributed by atoms with Gasteiger partial charge in [-0.2, -0.15) is 0 Å². The van der Waals surface area contributed by atoms with Crippen LogP contribution in [0.15, 0.2) is 0 Å². The molecule has 0 bridgehead atoms. The minimum Gasteiger partial charge on any atom is -0.374 e. The van der Waals surface area contributed by atoms with Gasteiger partial charge in [0.2, 0.25) is 0 Å². The van der Waals surface area contributed by atoms with Gasteiger partial charge in [0.05, 0.1) is 4.79 Å². The minimum absolute atomic E-state index is 0.0396. The molecule has 0 spiro atoms. The Bertz CT molecular complexity index is 249. The third-order valence-corrected chi connectivity index (χ3v) is 17.1. The second-order valence-electron chi connectivity index (χ2n) is 5.00. The van der Waals surface area contributed by atoms with Crippen molar-refractivity contribution in [2.24, 2.45) is 0 Å². The fourth-order valence-corrected chi connectivity index (χ4v) is 16.8. The van der Waals surface area contributed by atoms with E-state index in [2.05, 4.69) is 6.92 Å². The molecule has 0 aliphatic rings. The molecule has 0 aromatic carbocycles. The number of hydrogen-bond donors (Lipinski definition) is 0. The average Bonchev–Trinajstić information content (AvgIpc) is 2.54. The predicted octanol–water partition coefficient (Wildman–Crippen LogP) is 2.37. The van der Waals surface area contributed by atoms with E-state index in [9.17, 15) is 0 Å². The van der Waals surface area contributed by atoms with Gasteiger partial charge in [0, 0.05) is 49.2 Å². The van der Waals surface area contributed by atoms with E-state index in [0.29, 0.717) is 39.6 Å². The highest BCUT2D eigenvalue weighted by molar-refractivity contribution is 6.93. The first kappa shape index (κ1) is 24.4. The van der Waals surface area contributed by atoms with Crippen LogP contribution in [0.3, 0.4) is 0 Å². The van der Waals surface area contributed by atoms with Crippen LogP contribution >= 0.6 is 0 Å². The van der Waals surface area contributed by atoms with E-state index in [1.54, 1.807) is 0 Å². The highest BCUT2D eigenvalue weighted by Crippen LogP contribution is 2.37. The van der Waals surface area contributed by atoms with Crippen molar-refractivity contribution in [1.29, 1.82) is 0 Å². The molecule has 0 rings (SSSR count). The summed E-state index contributed by atoms with van der Waals surface area (Å²) in [6.45, 7) is 19.1. The molecule has 24 heavy (non-hydrogen) atoms. The molecule has 0 unspecified atom stereocenters. The maximum Gasteiger partial charge on any atom is 0.505 e. The predicted molar refractivity (Wildman–Crippen MR) is 104 cm³/mol. The molecule has 9 heteroatoms. The van der Waals surface area contributed by atoms with Gasteiger partial charge in [-0.25, -0.2) is 0 Å². The van der Waals surface area contributed by atoms with Gasteiger partial charge in [-0.3, -0.25) is 0 Å². The van der Waals surface area contributed by atoms with Crippen LogP contribution in [0.1, 0.15) is 41.5 Å². The van der Waals surface area contributed by atoms with Crippen LogP contribution in [0.25, 0.3) is 0 Å². The van der Waals surface area contributed by atoms with Crippen molar-refractivity contribution < 1.29 is 26.6 Å². The monoisotopic (exact) mass is 397 g/mol. The zero-order chi connectivity index (χ0) is 18.5. The van der Waals surface area contributed by atoms with Crippen LogP contribution in [-0.2, 0) is 26.6 Å². The van der Waals surface area contributed by atoms with Gasteiger partial charge in [-0.15, -0.1) is 0 Å². The maximum atomic E-state index is 6.17.